The molecule has 0 spiro atoms. The van der Waals surface area contributed by atoms with Crippen molar-refractivity contribution in [3.63, 3.8) is 0 Å². The first-order chi connectivity index (χ1) is 9.90. The van der Waals surface area contributed by atoms with Gasteiger partial charge in [-0.15, -0.1) is 0 Å². The average molecular weight is 294 g/mol. The zero-order chi connectivity index (χ0) is 15.9. The molecule has 1 aliphatic carbocycles. The van der Waals surface area contributed by atoms with Gasteiger partial charge in [-0.05, 0) is 6.92 Å². The Morgan fingerprint density at radius 2 is 1.38 bits per heavy atom. The highest BCUT2D eigenvalue weighted by atomic mass is 16.5. The molecule has 2 rings (SSSR count). The van der Waals surface area contributed by atoms with Crippen molar-refractivity contribution in [2.24, 2.45) is 0 Å². The Labute approximate surface area is 120 Å². The molecule has 2 N–H and O–H groups in total. The van der Waals surface area contributed by atoms with Crippen LogP contribution in [0.15, 0.2) is 5.76 Å². The van der Waals surface area contributed by atoms with Gasteiger partial charge in [0, 0.05) is 5.56 Å². The molecule has 0 bridgehead atoms. The van der Waals surface area contributed by atoms with Crippen molar-refractivity contribution >= 4 is 17.3 Å². The van der Waals surface area contributed by atoms with Crippen LogP contribution in [0.2, 0.25) is 0 Å². The maximum absolute atomic E-state index is 12.1. The number of benzene rings is 1. The predicted octanol–water partition coefficient (Wildman–Crippen LogP) is 1.36. The topological polar surface area (TPSA) is 102 Å². The van der Waals surface area contributed by atoms with Gasteiger partial charge >= 0.3 is 0 Å². The van der Waals surface area contributed by atoms with Crippen LogP contribution >= 0.6 is 0 Å². The maximum atomic E-state index is 12.1. The van der Waals surface area contributed by atoms with Gasteiger partial charge in [-0.3, -0.25) is 9.59 Å². The lowest BCUT2D eigenvalue weighted by molar-refractivity contribution is -0.114. The highest BCUT2D eigenvalue weighted by Gasteiger charge is 2.40. The molecule has 0 saturated heterocycles. The molecule has 21 heavy (non-hydrogen) atoms. The van der Waals surface area contributed by atoms with Crippen molar-refractivity contribution in [1.29, 1.82) is 0 Å². The Morgan fingerprint density at radius 1 is 0.810 bits per heavy atom. The summed E-state index contributed by atoms with van der Waals surface area (Å²) in [5.74, 6) is -3.36. The molecule has 1 aromatic carbocycles. The molecule has 0 radical (unpaired) electrons. The van der Waals surface area contributed by atoms with Gasteiger partial charge in [-0.2, -0.15) is 0 Å². The number of aromatic hydroxyl groups is 1. The molecule has 7 nitrogen and oxygen atoms in total. The van der Waals surface area contributed by atoms with Gasteiger partial charge in [0.15, 0.2) is 17.3 Å². The number of hydrogen-bond acceptors (Lipinski definition) is 7. The van der Waals surface area contributed by atoms with Crippen LogP contribution in [0.5, 0.6) is 17.2 Å². The third-order valence-corrected chi connectivity index (χ3v) is 3.32. The number of aliphatic hydroxyl groups excluding tert-OH is 1. The minimum atomic E-state index is -1.04. The number of fused-ring (bicyclic) bond motifs is 1. The first-order valence-electron chi connectivity index (χ1n) is 5.94. The van der Waals surface area contributed by atoms with Gasteiger partial charge in [-0.25, -0.2) is 0 Å². The summed E-state index contributed by atoms with van der Waals surface area (Å²) in [7, 11) is 3.82. The quantitative estimate of drug-likeness (QED) is 0.811. The Bertz CT molecular complexity index is 685. The van der Waals surface area contributed by atoms with Crippen molar-refractivity contribution < 1.29 is 34.0 Å². The SMILES string of the molecule is COC1=C(O)c2c(OC)c(OC)c(C)c(O)c2C(=O)C1=O. The zero-order valence-electron chi connectivity index (χ0n) is 11.9. The highest BCUT2D eigenvalue weighted by molar-refractivity contribution is 6.52. The summed E-state index contributed by atoms with van der Waals surface area (Å²) < 4.78 is 15.1. The lowest BCUT2D eigenvalue weighted by Crippen LogP contribution is -2.26. The molecule has 0 heterocycles. The number of rotatable bonds is 3. The Morgan fingerprint density at radius 3 is 1.86 bits per heavy atom. The van der Waals surface area contributed by atoms with Crippen LogP contribution < -0.4 is 9.47 Å². The molecule has 0 aromatic heterocycles. The highest BCUT2D eigenvalue weighted by Crippen LogP contribution is 2.48. The summed E-state index contributed by atoms with van der Waals surface area (Å²) in [5.41, 5.74) is -0.227. The first-order valence-corrected chi connectivity index (χ1v) is 5.94. The van der Waals surface area contributed by atoms with E-state index in [0.29, 0.717) is 0 Å². The smallest absolute Gasteiger partial charge is 0.272 e. The molecule has 1 aromatic rings. The van der Waals surface area contributed by atoms with E-state index in [0.717, 1.165) is 7.11 Å². The van der Waals surface area contributed by atoms with Crippen molar-refractivity contribution in [1.82, 2.24) is 0 Å². The summed E-state index contributed by atoms with van der Waals surface area (Å²) in [6, 6.07) is 0. The second-order valence-electron chi connectivity index (χ2n) is 4.33. The molecular formula is C14H14O7. The molecule has 112 valence electrons. The minimum Gasteiger partial charge on any atom is -0.507 e. The van der Waals surface area contributed by atoms with Crippen LogP contribution in [0, 0.1) is 6.92 Å². The number of ketones is 2. The number of allylic oxidation sites excluding steroid dienone is 1. The number of Topliss-reactive ketones (excluding diaryl/α,β-unsaturated/α-hetero) is 2. The lowest BCUT2D eigenvalue weighted by Gasteiger charge is -2.23. The third-order valence-electron chi connectivity index (χ3n) is 3.32. The van der Waals surface area contributed by atoms with E-state index in [1.807, 2.05) is 0 Å². The molecule has 0 saturated carbocycles. The van der Waals surface area contributed by atoms with E-state index in [1.165, 1.54) is 21.1 Å². The van der Waals surface area contributed by atoms with Crippen LogP contribution in [0.3, 0.4) is 0 Å². The summed E-state index contributed by atoms with van der Waals surface area (Å²) in [6.07, 6.45) is 0. The van der Waals surface area contributed by atoms with Gasteiger partial charge in [-0.1, -0.05) is 0 Å². The number of methoxy groups -OCH3 is 3. The number of hydrogen-bond donors (Lipinski definition) is 2. The number of carbonyl (C=O) groups is 2. The molecule has 7 heteroatoms. The molecular weight excluding hydrogens is 280 g/mol. The van der Waals surface area contributed by atoms with Crippen molar-refractivity contribution in [2.45, 2.75) is 6.92 Å². The van der Waals surface area contributed by atoms with E-state index in [9.17, 15) is 19.8 Å². The molecule has 0 unspecified atom stereocenters. The summed E-state index contributed by atoms with van der Waals surface area (Å²) in [5, 5.41) is 20.3. The average Bonchev–Trinajstić information content (AvgIpc) is 2.47. The molecule has 0 fully saturated rings. The largest absolute Gasteiger partial charge is 0.507 e. The second-order valence-corrected chi connectivity index (χ2v) is 4.33. The molecule has 0 atom stereocenters. The number of ether oxygens (including phenoxy) is 3. The van der Waals surface area contributed by atoms with Crippen molar-refractivity contribution in [3.8, 4) is 17.2 Å². The van der Waals surface area contributed by atoms with E-state index < -0.39 is 28.8 Å². The number of phenols is 1. The Balaban J connectivity index is 3.00. The maximum Gasteiger partial charge on any atom is 0.272 e. The van der Waals surface area contributed by atoms with Gasteiger partial charge in [0.05, 0.1) is 32.5 Å². The molecule has 0 aliphatic heterocycles. The fourth-order valence-corrected chi connectivity index (χ4v) is 2.33. The van der Waals surface area contributed by atoms with Crippen LogP contribution in [-0.2, 0) is 9.53 Å². The fourth-order valence-electron chi connectivity index (χ4n) is 2.33. The first kappa shape index (κ1) is 14.7. The van der Waals surface area contributed by atoms with E-state index in [2.05, 4.69) is 0 Å². The number of aliphatic hydroxyl groups is 1. The summed E-state index contributed by atoms with van der Waals surface area (Å²) in [4.78, 5) is 24.0. The van der Waals surface area contributed by atoms with Crippen molar-refractivity contribution in [2.75, 3.05) is 21.3 Å². The van der Waals surface area contributed by atoms with Gasteiger partial charge in [0.2, 0.25) is 11.5 Å². The normalized spacial score (nSPS) is 14.1. The van der Waals surface area contributed by atoms with E-state index >= 15 is 0 Å². The van der Waals surface area contributed by atoms with Gasteiger partial charge < -0.3 is 24.4 Å². The van der Waals surface area contributed by atoms with Crippen LogP contribution in [0.1, 0.15) is 21.5 Å². The Hall–Kier alpha value is -2.70. The van der Waals surface area contributed by atoms with E-state index in [-0.39, 0.29) is 28.2 Å². The summed E-state index contributed by atoms with van der Waals surface area (Å²) >= 11 is 0. The number of carbonyl (C=O) groups excluding carboxylic acids is 2. The predicted molar refractivity (Wildman–Crippen MR) is 71.8 cm³/mol. The van der Waals surface area contributed by atoms with Crippen LogP contribution in [0.4, 0.5) is 0 Å². The van der Waals surface area contributed by atoms with Crippen molar-refractivity contribution in [3.05, 3.63) is 22.4 Å². The zero-order valence-corrected chi connectivity index (χ0v) is 11.9. The monoisotopic (exact) mass is 294 g/mol. The fraction of sp³-hybridized carbons (Fsp3) is 0.286. The Kier molecular flexibility index (Phi) is 3.51. The van der Waals surface area contributed by atoms with Gasteiger partial charge in [0.1, 0.15) is 5.75 Å². The lowest BCUT2D eigenvalue weighted by atomic mass is 9.88. The molecule has 0 amide bonds. The van der Waals surface area contributed by atoms with E-state index in [1.54, 1.807) is 0 Å². The molecule has 1 aliphatic rings. The van der Waals surface area contributed by atoms with Gasteiger partial charge in [0.25, 0.3) is 5.78 Å². The van der Waals surface area contributed by atoms with Crippen LogP contribution in [0.25, 0.3) is 5.76 Å². The standard InChI is InChI=1S/C14H14O7/c1-5-8(15)6-7(13(20-3)12(5)19-2)10(17)14(21-4)11(18)9(6)16/h15,17H,1-4H3. The van der Waals surface area contributed by atoms with Crippen LogP contribution in [-0.4, -0.2) is 43.1 Å². The summed E-state index contributed by atoms with van der Waals surface area (Å²) in [6.45, 7) is 1.50. The number of phenolic OH excluding ortho intramolecular Hbond substituents is 1. The third kappa shape index (κ3) is 1.81. The minimum absolute atomic E-state index is 0.0377. The van der Waals surface area contributed by atoms with E-state index in [4.69, 9.17) is 14.2 Å². The second kappa shape index (κ2) is 5.01.